The number of carbonyl (C=O) groups is 1. The van der Waals surface area contributed by atoms with Crippen LogP contribution in [-0.2, 0) is 6.54 Å². The minimum atomic E-state index is -0.122. The van der Waals surface area contributed by atoms with Crippen LogP contribution < -0.4 is 11.1 Å². The molecule has 0 aliphatic heterocycles. The van der Waals surface area contributed by atoms with Crippen molar-refractivity contribution in [3.8, 4) is 11.1 Å². The van der Waals surface area contributed by atoms with Gasteiger partial charge >= 0.3 is 0 Å². The maximum atomic E-state index is 12.3. The molecule has 5 heteroatoms. The Kier molecular flexibility index (Phi) is 5.39. The van der Waals surface area contributed by atoms with Crippen molar-refractivity contribution < 1.29 is 4.79 Å². The van der Waals surface area contributed by atoms with Gasteiger partial charge in [-0.05, 0) is 47.9 Å². The molecule has 3 aromatic rings. The predicted molar refractivity (Wildman–Crippen MR) is 104 cm³/mol. The van der Waals surface area contributed by atoms with E-state index in [0.717, 1.165) is 22.3 Å². The molecule has 0 spiro atoms. The predicted octanol–water partition coefficient (Wildman–Crippen LogP) is 3.69. The van der Waals surface area contributed by atoms with Gasteiger partial charge in [-0.25, -0.2) is 4.98 Å². The molecule has 0 saturated heterocycles. The van der Waals surface area contributed by atoms with Crippen LogP contribution in [0.15, 0.2) is 67.1 Å². The minimum absolute atomic E-state index is 0.122. The molecule has 3 rings (SSSR count). The van der Waals surface area contributed by atoms with E-state index in [-0.39, 0.29) is 5.91 Å². The molecule has 0 unspecified atom stereocenters. The zero-order chi connectivity index (χ0) is 18.4. The highest BCUT2D eigenvalue weighted by atomic mass is 16.1. The summed E-state index contributed by atoms with van der Waals surface area (Å²) < 4.78 is 0. The lowest BCUT2D eigenvalue weighted by Crippen LogP contribution is -2.22. The second-order valence-electron chi connectivity index (χ2n) is 5.78. The number of rotatable bonds is 5. The van der Waals surface area contributed by atoms with Crippen LogP contribution in [0.2, 0.25) is 0 Å². The van der Waals surface area contributed by atoms with E-state index in [1.165, 1.54) is 0 Å². The summed E-state index contributed by atoms with van der Waals surface area (Å²) in [5.74, 6) is 0.363. The summed E-state index contributed by atoms with van der Waals surface area (Å²) in [6.45, 7) is 2.38. The van der Waals surface area contributed by atoms with Crippen molar-refractivity contribution in [2.24, 2.45) is 0 Å². The highest BCUT2D eigenvalue weighted by Crippen LogP contribution is 2.28. The number of pyridine rings is 2. The maximum Gasteiger partial charge on any atom is 0.251 e. The summed E-state index contributed by atoms with van der Waals surface area (Å²) in [5, 5.41) is 2.90. The van der Waals surface area contributed by atoms with Crippen molar-refractivity contribution in [3.63, 3.8) is 0 Å². The van der Waals surface area contributed by atoms with Crippen molar-refractivity contribution in [3.05, 3.63) is 83.8 Å². The smallest absolute Gasteiger partial charge is 0.251 e. The van der Waals surface area contributed by atoms with Crippen LogP contribution in [0.5, 0.6) is 0 Å². The van der Waals surface area contributed by atoms with Crippen LogP contribution in [-0.4, -0.2) is 15.9 Å². The Hall–Kier alpha value is -3.47. The van der Waals surface area contributed by atoms with Crippen molar-refractivity contribution in [2.45, 2.75) is 13.5 Å². The first-order chi connectivity index (χ1) is 12.7. The van der Waals surface area contributed by atoms with E-state index in [9.17, 15) is 4.79 Å². The number of nitrogens with one attached hydrogen (secondary N) is 1. The van der Waals surface area contributed by atoms with Crippen molar-refractivity contribution in [2.75, 3.05) is 5.73 Å². The number of aromatic nitrogens is 2. The molecule has 1 amide bonds. The number of benzene rings is 1. The van der Waals surface area contributed by atoms with Crippen LogP contribution >= 0.6 is 0 Å². The highest BCUT2D eigenvalue weighted by Gasteiger charge is 2.09. The number of nitrogen functional groups attached to an aromatic ring is 1. The van der Waals surface area contributed by atoms with Gasteiger partial charge in [0.2, 0.25) is 0 Å². The van der Waals surface area contributed by atoms with Gasteiger partial charge in [0, 0.05) is 36.3 Å². The number of allylic oxidation sites excluding steroid dienone is 1. The summed E-state index contributed by atoms with van der Waals surface area (Å²) in [6.07, 6.45) is 8.99. The molecular formula is C21H20N4O. The summed E-state index contributed by atoms with van der Waals surface area (Å²) in [4.78, 5) is 20.5. The van der Waals surface area contributed by atoms with E-state index in [0.29, 0.717) is 17.9 Å². The zero-order valence-corrected chi connectivity index (χ0v) is 14.5. The van der Waals surface area contributed by atoms with Crippen LogP contribution in [0.25, 0.3) is 17.2 Å². The molecule has 5 nitrogen and oxygen atoms in total. The second kappa shape index (κ2) is 8.07. The fourth-order valence-corrected chi connectivity index (χ4v) is 2.67. The number of anilines is 1. The molecular weight excluding hydrogens is 324 g/mol. The third-order valence-electron chi connectivity index (χ3n) is 3.99. The molecule has 0 fully saturated rings. The Bertz CT molecular complexity index is 919. The fourth-order valence-electron chi connectivity index (χ4n) is 2.67. The van der Waals surface area contributed by atoms with E-state index >= 15 is 0 Å². The van der Waals surface area contributed by atoms with Gasteiger partial charge in [0.05, 0.1) is 0 Å². The number of carbonyl (C=O) groups excluding carboxylic acids is 1. The molecule has 3 N–H and O–H groups in total. The van der Waals surface area contributed by atoms with E-state index < -0.39 is 0 Å². The Morgan fingerprint density at radius 3 is 2.65 bits per heavy atom. The first-order valence-corrected chi connectivity index (χ1v) is 8.33. The second-order valence-corrected chi connectivity index (χ2v) is 5.78. The van der Waals surface area contributed by atoms with Crippen LogP contribution in [0.4, 0.5) is 5.82 Å². The molecule has 0 aliphatic carbocycles. The number of nitrogens with zero attached hydrogens (tertiary/aromatic N) is 2. The molecule has 1 aromatic carbocycles. The van der Waals surface area contributed by atoms with Crippen LogP contribution in [0, 0.1) is 0 Å². The lowest BCUT2D eigenvalue weighted by Gasteiger charge is -2.10. The molecule has 0 bridgehead atoms. The quantitative estimate of drug-likeness (QED) is 0.740. The van der Waals surface area contributed by atoms with Crippen molar-refractivity contribution >= 4 is 17.8 Å². The zero-order valence-electron chi connectivity index (χ0n) is 14.5. The number of nitrogens with two attached hydrogens (primary N) is 1. The van der Waals surface area contributed by atoms with Crippen molar-refractivity contribution in [1.29, 1.82) is 0 Å². The van der Waals surface area contributed by atoms with Gasteiger partial charge in [0.15, 0.2) is 0 Å². The molecule has 2 heterocycles. The van der Waals surface area contributed by atoms with Gasteiger partial charge in [0.1, 0.15) is 5.82 Å². The van der Waals surface area contributed by atoms with Crippen LogP contribution in [0.3, 0.4) is 0 Å². The topological polar surface area (TPSA) is 80.9 Å². The minimum Gasteiger partial charge on any atom is -0.383 e. The number of hydrogen-bond donors (Lipinski definition) is 2. The van der Waals surface area contributed by atoms with E-state index in [1.54, 1.807) is 18.6 Å². The standard InChI is InChI=1S/C21H20N4O/c1-2-4-19-18(10-12-24-20(19)22)16-6-8-17(9-7-16)21(26)25-14-15-5-3-11-23-13-15/h2-13H,14H2,1H3,(H2,22,24)(H,25,26)/b4-2-. The van der Waals surface area contributed by atoms with Gasteiger partial charge in [-0.15, -0.1) is 0 Å². The van der Waals surface area contributed by atoms with Crippen molar-refractivity contribution in [1.82, 2.24) is 15.3 Å². The fraction of sp³-hybridized carbons (Fsp3) is 0.0952. The van der Waals surface area contributed by atoms with Gasteiger partial charge in [-0.2, -0.15) is 0 Å². The van der Waals surface area contributed by atoms with Gasteiger partial charge < -0.3 is 11.1 Å². The SMILES string of the molecule is C/C=C\c1c(-c2ccc(C(=O)NCc3cccnc3)cc2)ccnc1N. The van der Waals surface area contributed by atoms with Gasteiger partial charge in [-0.1, -0.05) is 30.4 Å². The Balaban J connectivity index is 1.77. The molecule has 26 heavy (non-hydrogen) atoms. The van der Waals surface area contributed by atoms with Crippen LogP contribution in [0.1, 0.15) is 28.4 Å². The monoisotopic (exact) mass is 344 g/mol. The first kappa shape index (κ1) is 17.4. The lowest BCUT2D eigenvalue weighted by atomic mass is 9.99. The maximum absolute atomic E-state index is 12.3. The Morgan fingerprint density at radius 2 is 1.96 bits per heavy atom. The highest BCUT2D eigenvalue weighted by molar-refractivity contribution is 5.95. The molecule has 0 radical (unpaired) electrons. The summed E-state index contributed by atoms with van der Waals surface area (Å²) in [5.41, 5.74) is 10.4. The largest absolute Gasteiger partial charge is 0.383 e. The number of hydrogen-bond acceptors (Lipinski definition) is 4. The molecule has 0 aliphatic rings. The average Bonchev–Trinajstić information content (AvgIpc) is 2.69. The third kappa shape index (κ3) is 3.95. The molecule has 130 valence electrons. The van der Waals surface area contributed by atoms with Gasteiger partial charge in [0.25, 0.3) is 5.91 Å². The summed E-state index contributed by atoms with van der Waals surface area (Å²) >= 11 is 0. The molecule has 0 atom stereocenters. The first-order valence-electron chi connectivity index (χ1n) is 8.33. The van der Waals surface area contributed by atoms with E-state index in [2.05, 4.69) is 15.3 Å². The normalized spacial score (nSPS) is 10.8. The van der Waals surface area contributed by atoms with Gasteiger partial charge in [-0.3, -0.25) is 9.78 Å². The molecule has 2 aromatic heterocycles. The summed E-state index contributed by atoms with van der Waals surface area (Å²) in [6, 6.07) is 13.1. The van der Waals surface area contributed by atoms with E-state index in [1.807, 2.05) is 61.5 Å². The third-order valence-corrected chi connectivity index (χ3v) is 3.99. The Labute approximate surface area is 152 Å². The number of amides is 1. The average molecular weight is 344 g/mol. The lowest BCUT2D eigenvalue weighted by molar-refractivity contribution is 0.0951. The Morgan fingerprint density at radius 1 is 1.15 bits per heavy atom. The molecule has 0 saturated carbocycles. The van der Waals surface area contributed by atoms with E-state index in [4.69, 9.17) is 5.73 Å². The summed E-state index contributed by atoms with van der Waals surface area (Å²) in [7, 11) is 0.